The number of carbonyl (C=O) groups excluding carboxylic acids is 2. The molecule has 0 aliphatic carbocycles. The van der Waals surface area contributed by atoms with Crippen LogP contribution in [0, 0.1) is 6.92 Å². The highest BCUT2D eigenvalue weighted by Gasteiger charge is 2.19. The third-order valence-electron chi connectivity index (χ3n) is 3.35. The van der Waals surface area contributed by atoms with Crippen LogP contribution in [0.25, 0.3) is 5.65 Å². The summed E-state index contributed by atoms with van der Waals surface area (Å²) in [6.07, 6.45) is 2.13. The number of aryl methyl sites for hydroxylation is 1. The number of hydrogen-bond acceptors (Lipinski definition) is 6. The molecule has 3 rings (SSSR count). The summed E-state index contributed by atoms with van der Waals surface area (Å²) in [6.45, 7) is 1.75. The van der Waals surface area contributed by atoms with Crippen LogP contribution in [0.3, 0.4) is 0 Å². The predicted octanol–water partition coefficient (Wildman–Crippen LogP) is 0.312. The van der Waals surface area contributed by atoms with Gasteiger partial charge in [0, 0.05) is 25.1 Å². The fourth-order valence-electron chi connectivity index (χ4n) is 2.18. The van der Waals surface area contributed by atoms with Gasteiger partial charge in [0.05, 0.1) is 5.69 Å². The minimum absolute atomic E-state index is 0.134. The Labute approximate surface area is 130 Å². The number of nitrogens with zero attached hydrogens (tertiary/aromatic N) is 3. The summed E-state index contributed by atoms with van der Waals surface area (Å²) in [5.41, 5.74) is 3.92. The summed E-state index contributed by atoms with van der Waals surface area (Å²) in [4.78, 5) is 39.2. The van der Waals surface area contributed by atoms with Crippen LogP contribution in [-0.2, 0) is 20.9 Å². The first-order valence-electron chi connectivity index (χ1n) is 7.04. The Bertz CT molecular complexity index is 885. The maximum atomic E-state index is 12.0. The number of fused-ring (bicyclic) bond motifs is 1. The zero-order valence-corrected chi connectivity index (χ0v) is 12.4. The Kier molecular flexibility index (Phi) is 3.88. The van der Waals surface area contributed by atoms with Crippen molar-refractivity contribution in [1.29, 1.82) is 0 Å². The lowest BCUT2D eigenvalue weighted by Gasteiger charge is -2.11. The van der Waals surface area contributed by atoms with Crippen LogP contribution in [0.2, 0.25) is 0 Å². The number of amides is 1. The molecule has 1 amide bonds. The highest BCUT2D eigenvalue weighted by atomic mass is 16.5. The molecule has 0 fully saturated rings. The second-order valence-corrected chi connectivity index (χ2v) is 5.19. The minimum Gasteiger partial charge on any atom is -0.455 e. The van der Waals surface area contributed by atoms with Gasteiger partial charge in [-0.2, -0.15) is 5.10 Å². The Hall–Kier alpha value is -3.03. The number of carbonyl (C=O) groups is 2. The molecule has 1 aliphatic rings. The molecule has 8 nitrogen and oxygen atoms in total. The Morgan fingerprint density at radius 3 is 2.91 bits per heavy atom. The molecule has 0 spiro atoms. The van der Waals surface area contributed by atoms with Gasteiger partial charge in [0.15, 0.2) is 0 Å². The van der Waals surface area contributed by atoms with E-state index in [2.05, 4.69) is 15.5 Å². The Morgan fingerprint density at radius 2 is 2.17 bits per heavy atom. The molecule has 2 aromatic heterocycles. The van der Waals surface area contributed by atoms with Crippen LogP contribution in [0.5, 0.6) is 0 Å². The van der Waals surface area contributed by atoms with Crippen LogP contribution in [0.1, 0.15) is 24.1 Å². The molecule has 23 heavy (non-hydrogen) atoms. The number of aromatic nitrogens is 2. The number of esters is 1. The highest BCUT2D eigenvalue weighted by Crippen LogP contribution is 2.05. The fourth-order valence-corrected chi connectivity index (χ4v) is 2.18. The van der Waals surface area contributed by atoms with Gasteiger partial charge in [-0.05, 0) is 18.6 Å². The number of ether oxygens (including phenoxy) is 1. The van der Waals surface area contributed by atoms with Crippen molar-refractivity contribution in [2.24, 2.45) is 5.10 Å². The highest BCUT2D eigenvalue weighted by molar-refractivity contribution is 6.37. The van der Waals surface area contributed by atoms with Crippen molar-refractivity contribution in [1.82, 2.24) is 14.8 Å². The SMILES string of the molecule is Cc1ccc2nc(COC(=O)C3=NNC(=O)CC3)cc(=O)n2c1. The molecular weight excluding hydrogens is 300 g/mol. The van der Waals surface area contributed by atoms with E-state index in [-0.39, 0.29) is 36.6 Å². The number of rotatable bonds is 3. The number of hydrazone groups is 1. The second-order valence-electron chi connectivity index (χ2n) is 5.19. The number of nitrogens with one attached hydrogen (secondary N) is 1. The van der Waals surface area contributed by atoms with E-state index in [0.29, 0.717) is 11.3 Å². The van der Waals surface area contributed by atoms with Crippen LogP contribution < -0.4 is 11.0 Å². The minimum atomic E-state index is -0.629. The molecule has 0 atom stereocenters. The summed E-state index contributed by atoms with van der Waals surface area (Å²) in [5.74, 6) is -0.864. The van der Waals surface area contributed by atoms with Gasteiger partial charge in [-0.25, -0.2) is 15.2 Å². The van der Waals surface area contributed by atoms with Gasteiger partial charge in [-0.15, -0.1) is 0 Å². The molecule has 0 aromatic carbocycles. The second kappa shape index (κ2) is 5.99. The predicted molar refractivity (Wildman–Crippen MR) is 80.8 cm³/mol. The van der Waals surface area contributed by atoms with Gasteiger partial charge in [0.1, 0.15) is 18.0 Å². The molecule has 0 bridgehead atoms. The average Bonchev–Trinajstić information content (AvgIpc) is 2.54. The van der Waals surface area contributed by atoms with Gasteiger partial charge in [0.25, 0.3) is 5.56 Å². The van der Waals surface area contributed by atoms with E-state index in [1.165, 1.54) is 10.5 Å². The van der Waals surface area contributed by atoms with Crippen LogP contribution >= 0.6 is 0 Å². The van der Waals surface area contributed by atoms with Crippen molar-refractivity contribution in [2.75, 3.05) is 0 Å². The van der Waals surface area contributed by atoms with E-state index in [9.17, 15) is 14.4 Å². The molecule has 0 saturated carbocycles. The molecule has 0 saturated heterocycles. The van der Waals surface area contributed by atoms with Crippen molar-refractivity contribution in [2.45, 2.75) is 26.4 Å². The lowest BCUT2D eigenvalue weighted by atomic mass is 10.2. The molecule has 0 radical (unpaired) electrons. The maximum absolute atomic E-state index is 12.0. The van der Waals surface area contributed by atoms with E-state index >= 15 is 0 Å². The first-order valence-corrected chi connectivity index (χ1v) is 7.04. The van der Waals surface area contributed by atoms with Gasteiger partial charge in [0.2, 0.25) is 5.91 Å². The lowest BCUT2D eigenvalue weighted by molar-refractivity contribution is -0.137. The number of pyridine rings is 1. The standard InChI is InChI=1S/C15H14N4O4/c1-9-2-4-12-16-10(6-14(21)19(12)7-9)8-23-15(22)11-3-5-13(20)18-17-11/h2,4,6-7H,3,5,8H2,1H3,(H,18,20). The van der Waals surface area contributed by atoms with E-state index in [0.717, 1.165) is 5.56 Å². The van der Waals surface area contributed by atoms with Crippen molar-refractivity contribution in [3.63, 3.8) is 0 Å². The number of hydrogen-bond donors (Lipinski definition) is 1. The topological polar surface area (TPSA) is 102 Å². The first-order chi connectivity index (χ1) is 11.0. The van der Waals surface area contributed by atoms with Crippen LogP contribution in [0.15, 0.2) is 34.3 Å². The Balaban J connectivity index is 1.75. The van der Waals surface area contributed by atoms with E-state index in [4.69, 9.17) is 4.74 Å². The van der Waals surface area contributed by atoms with E-state index in [1.54, 1.807) is 12.3 Å². The van der Waals surface area contributed by atoms with Crippen molar-refractivity contribution in [3.8, 4) is 0 Å². The largest absolute Gasteiger partial charge is 0.455 e. The first kappa shape index (κ1) is 14.9. The summed E-state index contributed by atoms with van der Waals surface area (Å²) >= 11 is 0. The van der Waals surface area contributed by atoms with Crippen LogP contribution in [-0.4, -0.2) is 27.0 Å². The maximum Gasteiger partial charge on any atom is 0.354 e. The van der Waals surface area contributed by atoms with E-state index < -0.39 is 5.97 Å². The molecule has 1 N–H and O–H groups in total. The van der Waals surface area contributed by atoms with E-state index in [1.807, 2.05) is 13.0 Å². The lowest BCUT2D eigenvalue weighted by Crippen LogP contribution is -2.30. The van der Waals surface area contributed by atoms with Gasteiger partial charge >= 0.3 is 5.97 Å². The van der Waals surface area contributed by atoms with Gasteiger partial charge < -0.3 is 4.74 Å². The monoisotopic (exact) mass is 314 g/mol. The van der Waals surface area contributed by atoms with Crippen molar-refractivity contribution in [3.05, 3.63) is 46.0 Å². The molecule has 3 heterocycles. The molecule has 8 heteroatoms. The molecule has 118 valence electrons. The summed E-state index contributed by atoms with van der Waals surface area (Å²) < 4.78 is 6.53. The zero-order chi connectivity index (χ0) is 16.4. The van der Waals surface area contributed by atoms with Crippen LogP contribution in [0.4, 0.5) is 0 Å². The Morgan fingerprint density at radius 1 is 1.35 bits per heavy atom. The van der Waals surface area contributed by atoms with Gasteiger partial charge in [-0.1, -0.05) is 6.07 Å². The van der Waals surface area contributed by atoms with Crippen molar-refractivity contribution < 1.29 is 14.3 Å². The smallest absolute Gasteiger partial charge is 0.354 e. The molecular formula is C15H14N4O4. The van der Waals surface area contributed by atoms with Crippen molar-refractivity contribution >= 4 is 23.2 Å². The molecule has 2 aromatic rings. The fraction of sp³-hybridized carbons (Fsp3) is 0.267. The third-order valence-corrected chi connectivity index (χ3v) is 3.35. The molecule has 0 unspecified atom stereocenters. The average molecular weight is 314 g/mol. The quantitative estimate of drug-likeness (QED) is 0.822. The summed E-state index contributed by atoms with van der Waals surface area (Å²) in [6, 6.07) is 4.89. The zero-order valence-electron chi connectivity index (χ0n) is 12.4. The molecule has 1 aliphatic heterocycles. The summed E-state index contributed by atoms with van der Waals surface area (Å²) in [5, 5.41) is 3.66. The third kappa shape index (κ3) is 3.25. The summed E-state index contributed by atoms with van der Waals surface area (Å²) in [7, 11) is 0. The normalized spacial score (nSPS) is 14.3. The van der Waals surface area contributed by atoms with Gasteiger partial charge in [-0.3, -0.25) is 14.0 Å².